The van der Waals surface area contributed by atoms with Crippen molar-refractivity contribution in [1.82, 2.24) is 4.98 Å². The van der Waals surface area contributed by atoms with Gasteiger partial charge in [0.15, 0.2) is 0 Å². The lowest BCUT2D eigenvalue weighted by molar-refractivity contribution is 0.340. The highest BCUT2D eigenvalue weighted by Gasteiger charge is 2.25. The van der Waals surface area contributed by atoms with Gasteiger partial charge in [-0.2, -0.15) is 0 Å². The molecule has 3 heteroatoms. The lowest BCUT2D eigenvalue weighted by Gasteiger charge is -2.08. The fraction of sp³-hybridized carbons (Fsp3) is 0.250. The molecule has 1 atom stereocenters. The number of nitrogens with zero attached hydrogens (tertiary/aromatic N) is 1. The van der Waals surface area contributed by atoms with E-state index in [0.717, 1.165) is 22.7 Å². The smallest absolute Gasteiger partial charge is 0.123 e. The average Bonchev–Trinajstić information content (AvgIpc) is 3.22. The first kappa shape index (κ1) is 14.5. The number of hydrogen-bond acceptors (Lipinski definition) is 3. The molecule has 2 aromatic carbocycles. The van der Waals surface area contributed by atoms with Crippen molar-refractivity contribution >= 4 is 11.3 Å². The van der Waals surface area contributed by atoms with E-state index in [1.165, 1.54) is 23.2 Å². The van der Waals surface area contributed by atoms with Gasteiger partial charge in [-0.3, -0.25) is 0 Å². The summed E-state index contributed by atoms with van der Waals surface area (Å²) in [5.74, 6) is 1.37. The molecule has 116 valence electrons. The van der Waals surface area contributed by atoms with Gasteiger partial charge < -0.3 is 4.74 Å². The van der Waals surface area contributed by atoms with E-state index in [1.54, 1.807) is 11.3 Å². The summed E-state index contributed by atoms with van der Waals surface area (Å²) < 4.78 is 5.51. The highest BCUT2D eigenvalue weighted by atomic mass is 32.1. The minimum atomic E-state index is 0.457. The van der Waals surface area contributed by atoms with Crippen LogP contribution in [-0.4, -0.2) is 11.6 Å². The largest absolute Gasteiger partial charge is 0.494 e. The summed E-state index contributed by atoms with van der Waals surface area (Å²) in [7, 11) is 0. The van der Waals surface area contributed by atoms with Crippen LogP contribution in [-0.2, 0) is 6.42 Å². The Balaban J connectivity index is 1.60. The second-order valence-corrected chi connectivity index (χ2v) is 6.68. The van der Waals surface area contributed by atoms with E-state index < -0.39 is 0 Å². The second kappa shape index (κ2) is 6.17. The molecule has 1 aliphatic rings. The molecular formula is C20H19NOS. The van der Waals surface area contributed by atoms with Crippen LogP contribution in [0, 0.1) is 0 Å². The van der Waals surface area contributed by atoms with Crippen LogP contribution in [0.5, 0.6) is 5.75 Å². The number of rotatable bonds is 4. The summed E-state index contributed by atoms with van der Waals surface area (Å²) in [6.07, 6.45) is 2.34. The van der Waals surface area contributed by atoms with Crippen LogP contribution in [0.1, 0.15) is 36.1 Å². The molecule has 0 radical (unpaired) electrons. The first-order chi connectivity index (χ1) is 11.3. The van der Waals surface area contributed by atoms with Gasteiger partial charge in [0, 0.05) is 16.9 Å². The Morgan fingerprint density at radius 1 is 1.13 bits per heavy atom. The minimum absolute atomic E-state index is 0.457. The van der Waals surface area contributed by atoms with Gasteiger partial charge in [0.1, 0.15) is 10.8 Å². The van der Waals surface area contributed by atoms with E-state index in [-0.39, 0.29) is 0 Å². The average molecular weight is 321 g/mol. The standard InChI is InChI=1S/C20H19NOS/c1-2-22-16-10-7-15(8-11-16)20-21-19(13-23-20)18-12-9-14-5-3-4-6-17(14)18/h3-8,10-11,13,18H,2,9,12H2,1H3. The van der Waals surface area contributed by atoms with Crippen LogP contribution in [0.3, 0.4) is 0 Å². The maximum Gasteiger partial charge on any atom is 0.123 e. The third-order valence-electron chi connectivity index (χ3n) is 4.42. The molecule has 0 saturated carbocycles. The van der Waals surface area contributed by atoms with Crippen LogP contribution >= 0.6 is 11.3 Å². The van der Waals surface area contributed by atoms with Crippen molar-refractivity contribution in [2.24, 2.45) is 0 Å². The van der Waals surface area contributed by atoms with Gasteiger partial charge in [-0.1, -0.05) is 24.3 Å². The minimum Gasteiger partial charge on any atom is -0.494 e. The molecule has 23 heavy (non-hydrogen) atoms. The van der Waals surface area contributed by atoms with Gasteiger partial charge in [-0.15, -0.1) is 11.3 Å². The van der Waals surface area contributed by atoms with E-state index in [0.29, 0.717) is 12.5 Å². The molecule has 0 spiro atoms. The van der Waals surface area contributed by atoms with E-state index >= 15 is 0 Å². The Hall–Kier alpha value is -2.13. The summed E-state index contributed by atoms with van der Waals surface area (Å²) in [5.41, 5.74) is 5.31. The van der Waals surface area contributed by atoms with Crippen molar-refractivity contribution in [3.8, 4) is 16.3 Å². The summed E-state index contributed by atoms with van der Waals surface area (Å²) in [5, 5.41) is 3.31. The lowest BCUT2D eigenvalue weighted by Crippen LogP contribution is -1.96. The van der Waals surface area contributed by atoms with Crippen LogP contribution in [0.15, 0.2) is 53.9 Å². The molecule has 3 aromatic rings. The zero-order valence-corrected chi connectivity index (χ0v) is 14.0. The second-order valence-electron chi connectivity index (χ2n) is 5.82. The van der Waals surface area contributed by atoms with Crippen molar-refractivity contribution in [3.05, 3.63) is 70.7 Å². The predicted octanol–water partition coefficient (Wildman–Crippen LogP) is 5.29. The molecule has 0 aliphatic heterocycles. The first-order valence-corrected chi connectivity index (χ1v) is 8.99. The third kappa shape index (κ3) is 2.77. The lowest BCUT2D eigenvalue weighted by atomic mass is 9.99. The van der Waals surface area contributed by atoms with E-state index in [9.17, 15) is 0 Å². The molecular weight excluding hydrogens is 302 g/mol. The highest BCUT2D eigenvalue weighted by Crippen LogP contribution is 2.39. The zero-order valence-electron chi connectivity index (χ0n) is 13.2. The van der Waals surface area contributed by atoms with Gasteiger partial charge in [-0.05, 0) is 55.2 Å². The fourth-order valence-corrected chi connectivity index (χ4v) is 4.18. The number of hydrogen-bond donors (Lipinski definition) is 0. The number of thiazole rings is 1. The highest BCUT2D eigenvalue weighted by molar-refractivity contribution is 7.13. The van der Waals surface area contributed by atoms with Crippen LogP contribution < -0.4 is 4.74 Å². The first-order valence-electron chi connectivity index (χ1n) is 8.11. The van der Waals surface area contributed by atoms with Gasteiger partial charge in [-0.25, -0.2) is 4.98 Å². The summed E-state index contributed by atoms with van der Waals surface area (Å²) in [4.78, 5) is 4.91. The van der Waals surface area contributed by atoms with Crippen molar-refractivity contribution in [3.63, 3.8) is 0 Å². The summed E-state index contributed by atoms with van der Waals surface area (Å²) in [6.45, 7) is 2.70. The summed E-state index contributed by atoms with van der Waals surface area (Å²) >= 11 is 1.73. The number of aryl methyl sites for hydroxylation is 1. The van der Waals surface area contributed by atoms with E-state index in [2.05, 4.69) is 41.8 Å². The number of ether oxygens (including phenoxy) is 1. The van der Waals surface area contributed by atoms with E-state index in [4.69, 9.17) is 9.72 Å². The number of benzene rings is 2. The number of fused-ring (bicyclic) bond motifs is 1. The molecule has 1 unspecified atom stereocenters. The Labute approximate surface area is 140 Å². The maximum atomic E-state index is 5.51. The Bertz CT molecular complexity index is 807. The normalized spacial score (nSPS) is 16.3. The van der Waals surface area contributed by atoms with Crippen LogP contribution in [0.4, 0.5) is 0 Å². The third-order valence-corrected chi connectivity index (χ3v) is 5.33. The molecule has 0 amide bonds. The van der Waals surface area contributed by atoms with Crippen LogP contribution in [0.2, 0.25) is 0 Å². The van der Waals surface area contributed by atoms with Gasteiger partial charge in [0.2, 0.25) is 0 Å². The Morgan fingerprint density at radius 3 is 2.78 bits per heavy atom. The predicted molar refractivity (Wildman–Crippen MR) is 95.3 cm³/mol. The molecule has 1 heterocycles. The molecule has 1 aliphatic carbocycles. The van der Waals surface area contributed by atoms with Gasteiger partial charge in [0.25, 0.3) is 0 Å². The molecule has 2 nitrogen and oxygen atoms in total. The maximum absolute atomic E-state index is 5.51. The Morgan fingerprint density at radius 2 is 1.96 bits per heavy atom. The van der Waals surface area contributed by atoms with Crippen molar-refractivity contribution in [2.75, 3.05) is 6.61 Å². The SMILES string of the molecule is CCOc1ccc(-c2nc(C3CCc4ccccc43)cs2)cc1. The summed E-state index contributed by atoms with van der Waals surface area (Å²) in [6, 6.07) is 17.0. The fourth-order valence-electron chi connectivity index (χ4n) is 3.30. The van der Waals surface area contributed by atoms with E-state index in [1.807, 2.05) is 19.1 Å². The monoisotopic (exact) mass is 321 g/mol. The van der Waals surface area contributed by atoms with Crippen molar-refractivity contribution < 1.29 is 4.74 Å². The molecule has 0 saturated heterocycles. The van der Waals surface area contributed by atoms with Gasteiger partial charge >= 0.3 is 0 Å². The zero-order chi connectivity index (χ0) is 15.6. The van der Waals surface area contributed by atoms with Crippen LogP contribution in [0.25, 0.3) is 10.6 Å². The number of aromatic nitrogens is 1. The molecule has 4 rings (SSSR count). The van der Waals surface area contributed by atoms with Gasteiger partial charge in [0.05, 0.1) is 12.3 Å². The molecule has 0 N–H and O–H groups in total. The molecule has 1 aromatic heterocycles. The quantitative estimate of drug-likeness (QED) is 0.651. The topological polar surface area (TPSA) is 22.1 Å². The Kier molecular flexibility index (Phi) is 3.88. The van der Waals surface area contributed by atoms with Crippen molar-refractivity contribution in [1.29, 1.82) is 0 Å². The van der Waals surface area contributed by atoms with Crippen molar-refractivity contribution in [2.45, 2.75) is 25.7 Å². The molecule has 0 bridgehead atoms. The molecule has 0 fully saturated rings.